The van der Waals surface area contributed by atoms with Gasteiger partial charge in [0.2, 0.25) is 0 Å². The lowest BCUT2D eigenvalue weighted by Crippen LogP contribution is -2.04. The third-order valence-corrected chi connectivity index (χ3v) is 2.32. The molecule has 0 fully saturated rings. The summed E-state index contributed by atoms with van der Waals surface area (Å²) in [5.41, 5.74) is 3.72. The Hall–Kier alpha value is -0.980. The lowest BCUT2D eigenvalue weighted by molar-refractivity contribution is 0.768. The Morgan fingerprint density at radius 1 is 1.31 bits per heavy atom. The molecule has 0 aromatic rings. The summed E-state index contributed by atoms with van der Waals surface area (Å²) in [4.78, 5) is 0. The largest absolute Gasteiger partial charge is 0.391 e. The summed E-state index contributed by atoms with van der Waals surface area (Å²) in [5, 5.41) is 3.12. The summed E-state index contributed by atoms with van der Waals surface area (Å²) in [7, 11) is 1.93. The molecule has 0 spiro atoms. The predicted molar refractivity (Wildman–Crippen MR) is 60.6 cm³/mol. The molecular weight excluding hydrogens is 158 g/mol. The van der Waals surface area contributed by atoms with Crippen molar-refractivity contribution in [3.05, 3.63) is 35.6 Å². The maximum atomic E-state index is 3.80. The van der Waals surface area contributed by atoms with E-state index >= 15 is 0 Å². The Labute approximate surface area is 82.2 Å². The molecule has 1 heteroatoms. The topological polar surface area (TPSA) is 12.0 Å². The summed E-state index contributed by atoms with van der Waals surface area (Å²) < 4.78 is 0. The van der Waals surface area contributed by atoms with Crippen LogP contribution in [-0.4, -0.2) is 7.05 Å². The average molecular weight is 179 g/mol. The van der Waals surface area contributed by atoms with Crippen LogP contribution >= 0.6 is 0 Å². The van der Waals surface area contributed by atoms with Crippen LogP contribution in [0.1, 0.15) is 27.7 Å². The van der Waals surface area contributed by atoms with Gasteiger partial charge in [-0.25, -0.2) is 0 Å². The van der Waals surface area contributed by atoms with Gasteiger partial charge in [-0.3, -0.25) is 0 Å². The van der Waals surface area contributed by atoms with Crippen molar-refractivity contribution in [2.75, 3.05) is 7.05 Å². The second-order valence-electron chi connectivity index (χ2n) is 3.58. The van der Waals surface area contributed by atoms with E-state index < -0.39 is 0 Å². The van der Waals surface area contributed by atoms with Crippen LogP contribution in [0, 0.1) is 5.92 Å². The first kappa shape index (κ1) is 12.0. The molecule has 0 aliphatic carbocycles. The van der Waals surface area contributed by atoms with Crippen LogP contribution in [0.5, 0.6) is 0 Å². The summed E-state index contributed by atoms with van der Waals surface area (Å²) in [6, 6.07) is 0. The van der Waals surface area contributed by atoms with Crippen molar-refractivity contribution >= 4 is 0 Å². The highest BCUT2D eigenvalue weighted by atomic mass is 14.8. The SMILES string of the molecule is C=CC(/C=C(\C)C(C)C)=C(/C)NC. The monoisotopic (exact) mass is 179 g/mol. The smallest absolute Gasteiger partial charge is 0.0146 e. The molecule has 0 rings (SSSR count). The van der Waals surface area contributed by atoms with Crippen molar-refractivity contribution in [1.82, 2.24) is 5.32 Å². The molecule has 0 aromatic carbocycles. The first-order valence-corrected chi connectivity index (χ1v) is 4.72. The van der Waals surface area contributed by atoms with E-state index in [1.807, 2.05) is 13.1 Å². The van der Waals surface area contributed by atoms with Gasteiger partial charge in [-0.1, -0.05) is 38.2 Å². The molecule has 1 nitrogen and oxygen atoms in total. The third kappa shape index (κ3) is 3.97. The number of rotatable bonds is 4. The molecule has 0 aliphatic heterocycles. The standard InChI is InChI=1S/C12H21N/c1-7-12(11(5)13-6)8-10(4)9(2)3/h7-9,13H,1H2,2-6H3/b10-8+,12-11+. The van der Waals surface area contributed by atoms with Crippen LogP contribution in [0.2, 0.25) is 0 Å². The molecule has 0 aromatic heterocycles. The van der Waals surface area contributed by atoms with E-state index in [-0.39, 0.29) is 0 Å². The van der Waals surface area contributed by atoms with Gasteiger partial charge in [0.15, 0.2) is 0 Å². The molecule has 0 atom stereocenters. The molecule has 13 heavy (non-hydrogen) atoms. The van der Waals surface area contributed by atoms with E-state index in [4.69, 9.17) is 0 Å². The van der Waals surface area contributed by atoms with Crippen molar-refractivity contribution in [1.29, 1.82) is 0 Å². The van der Waals surface area contributed by atoms with Crippen LogP contribution in [0.15, 0.2) is 35.6 Å². The fourth-order valence-electron chi connectivity index (χ4n) is 0.877. The normalized spacial score (nSPS) is 14.2. The fourth-order valence-corrected chi connectivity index (χ4v) is 0.877. The summed E-state index contributed by atoms with van der Waals surface area (Å²) in [6.07, 6.45) is 4.07. The van der Waals surface area contributed by atoms with E-state index in [0.717, 1.165) is 5.70 Å². The Balaban J connectivity index is 4.83. The maximum Gasteiger partial charge on any atom is 0.0146 e. The minimum absolute atomic E-state index is 0.597. The Kier molecular flexibility index (Phi) is 5.20. The molecule has 74 valence electrons. The fraction of sp³-hybridized carbons (Fsp3) is 0.500. The van der Waals surface area contributed by atoms with Crippen LogP contribution in [0.25, 0.3) is 0 Å². The molecule has 0 unspecified atom stereocenters. The van der Waals surface area contributed by atoms with E-state index in [1.165, 1.54) is 11.1 Å². The van der Waals surface area contributed by atoms with Gasteiger partial charge in [-0.2, -0.15) is 0 Å². The van der Waals surface area contributed by atoms with Gasteiger partial charge in [0.25, 0.3) is 0 Å². The third-order valence-electron chi connectivity index (χ3n) is 2.32. The second kappa shape index (κ2) is 5.63. The van der Waals surface area contributed by atoms with E-state index in [9.17, 15) is 0 Å². The second-order valence-corrected chi connectivity index (χ2v) is 3.58. The molecule has 0 aliphatic rings. The Bertz CT molecular complexity index is 232. The highest BCUT2D eigenvalue weighted by Gasteiger charge is 1.98. The first-order valence-electron chi connectivity index (χ1n) is 4.72. The number of nitrogens with one attached hydrogen (secondary N) is 1. The van der Waals surface area contributed by atoms with Gasteiger partial charge >= 0.3 is 0 Å². The zero-order chi connectivity index (χ0) is 10.4. The molecule has 0 bridgehead atoms. The lowest BCUT2D eigenvalue weighted by Gasteiger charge is -2.08. The van der Waals surface area contributed by atoms with Crippen molar-refractivity contribution in [3.63, 3.8) is 0 Å². The lowest BCUT2D eigenvalue weighted by atomic mass is 10.0. The average Bonchev–Trinajstić information content (AvgIpc) is 2.12. The Morgan fingerprint density at radius 3 is 2.15 bits per heavy atom. The van der Waals surface area contributed by atoms with Crippen LogP contribution in [0.4, 0.5) is 0 Å². The van der Waals surface area contributed by atoms with E-state index in [1.54, 1.807) is 0 Å². The predicted octanol–water partition coefficient (Wildman–Crippen LogP) is 3.27. The summed E-state index contributed by atoms with van der Waals surface area (Å²) in [6.45, 7) is 12.4. The molecule has 0 saturated heterocycles. The van der Waals surface area contributed by atoms with Gasteiger partial charge in [-0.05, 0) is 25.3 Å². The summed E-state index contributed by atoms with van der Waals surface area (Å²) >= 11 is 0. The Morgan fingerprint density at radius 2 is 1.85 bits per heavy atom. The first-order chi connectivity index (χ1) is 6.02. The number of allylic oxidation sites excluding steroid dienone is 5. The van der Waals surface area contributed by atoms with Crippen molar-refractivity contribution < 1.29 is 0 Å². The molecule has 0 heterocycles. The molecule has 1 N–H and O–H groups in total. The highest BCUT2D eigenvalue weighted by molar-refractivity contribution is 5.35. The van der Waals surface area contributed by atoms with Crippen molar-refractivity contribution in [2.45, 2.75) is 27.7 Å². The minimum atomic E-state index is 0.597. The number of hydrogen-bond donors (Lipinski definition) is 1. The van der Waals surface area contributed by atoms with Gasteiger partial charge in [0.05, 0.1) is 0 Å². The van der Waals surface area contributed by atoms with Gasteiger partial charge in [-0.15, -0.1) is 0 Å². The highest BCUT2D eigenvalue weighted by Crippen LogP contribution is 2.13. The van der Waals surface area contributed by atoms with E-state index in [0.29, 0.717) is 5.92 Å². The van der Waals surface area contributed by atoms with Crippen molar-refractivity contribution in [2.24, 2.45) is 5.92 Å². The van der Waals surface area contributed by atoms with Crippen LogP contribution in [-0.2, 0) is 0 Å². The van der Waals surface area contributed by atoms with E-state index in [2.05, 4.69) is 45.7 Å². The number of hydrogen-bond acceptors (Lipinski definition) is 1. The minimum Gasteiger partial charge on any atom is -0.391 e. The molecule has 0 saturated carbocycles. The molecular formula is C12H21N. The maximum absolute atomic E-state index is 3.80. The van der Waals surface area contributed by atoms with Gasteiger partial charge in [0.1, 0.15) is 0 Å². The quantitative estimate of drug-likeness (QED) is 0.653. The van der Waals surface area contributed by atoms with Gasteiger partial charge < -0.3 is 5.32 Å². The summed E-state index contributed by atoms with van der Waals surface area (Å²) in [5.74, 6) is 0.597. The zero-order valence-electron chi connectivity index (χ0n) is 9.44. The van der Waals surface area contributed by atoms with Crippen molar-refractivity contribution in [3.8, 4) is 0 Å². The van der Waals surface area contributed by atoms with Gasteiger partial charge in [0, 0.05) is 12.7 Å². The van der Waals surface area contributed by atoms with Crippen LogP contribution in [0.3, 0.4) is 0 Å². The molecule has 0 amide bonds. The molecule has 0 radical (unpaired) electrons. The zero-order valence-corrected chi connectivity index (χ0v) is 9.44. The van der Waals surface area contributed by atoms with Crippen LogP contribution < -0.4 is 5.32 Å².